The molecule has 22 nitrogen and oxygen atoms in total. The second-order valence-electron chi connectivity index (χ2n) is 13.8. The maximum Gasteiger partial charge on any atom is 0.317 e. The van der Waals surface area contributed by atoms with Crippen molar-refractivity contribution in [2.75, 3.05) is 78.5 Å². The lowest BCUT2D eigenvalue weighted by Crippen LogP contribution is -2.46. The number of aliphatic carboxylic acids is 4. The molecule has 324 valence electrons. The molecule has 9 N–H and O–H groups in total. The van der Waals surface area contributed by atoms with Crippen LogP contribution in [-0.2, 0) is 35.3 Å². The lowest BCUT2D eigenvalue weighted by molar-refractivity contribution is -0.143. The van der Waals surface area contributed by atoms with Gasteiger partial charge in [-0.05, 0) is 43.7 Å². The molecule has 0 bridgehead atoms. The molecule has 1 aliphatic rings. The van der Waals surface area contributed by atoms with Crippen LogP contribution in [0.1, 0.15) is 48.9 Å². The van der Waals surface area contributed by atoms with Crippen LogP contribution in [0.5, 0.6) is 0 Å². The zero-order valence-electron chi connectivity index (χ0n) is 32.8. The summed E-state index contributed by atoms with van der Waals surface area (Å²) in [4.78, 5) is 91.0. The van der Waals surface area contributed by atoms with Crippen molar-refractivity contribution < 1.29 is 59.1 Å². The van der Waals surface area contributed by atoms with Gasteiger partial charge in [0.1, 0.15) is 12.1 Å². The van der Waals surface area contributed by atoms with Crippen molar-refractivity contribution in [3.63, 3.8) is 0 Å². The predicted molar refractivity (Wildman–Crippen MR) is 211 cm³/mol. The molecule has 2 heterocycles. The molecule has 0 radical (unpaired) electrons. The standard InChI is InChI=1S/C37H54N10O12/c48-30(43-31(49)20-41-37(59)26-8-9-28-27(18-26)19-42-47(28)13-5-12-39-29-6-4-11-38-29)7-2-1-3-10-40-32(50)21-45(23-34(53)54)16-14-44(22-33(51)52)15-17-46(24-35(55)56)25-36(57)58/h4,8-9,11,18-19,31,49H,1-3,5-7,10,12-17,20-25H2,(H,38,39)(H,40,50)(H,41,59)(H,43,48)(H,51,52)(H,53,54)(H,55,56)(H,57,58)/t31-/m1/s1. The van der Waals surface area contributed by atoms with Crippen LogP contribution in [0, 0.1) is 0 Å². The van der Waals surface area contributed by atoms with Crippen LogP contribution >= 0.6 is 0 Å². The Morgan fingerprint density at radius 3 is 2.03 bits per heavy atom. The molecule has 1 aromatic heterocycles. The highest BCUT2D eigenvalue weighted by atomic mass is 16.4. The molecule has 0 spiro atoms. The van der Waals surface area contributed by atoms with Gasteiger partial charge in [0.15, 0.2) is 0 Å². The van der Waals surface area contributed by atoms with Gasteiger partial charge in [0.2, 0.25) is 11.8 Å². The van der Waals surface area contributed by atoms with E-state index in [9.17, 15) is 48.9 Å². The molecule has 22 heteroatoms. The molecule has 59 heavy (non-hydrogen) atoms. The average Bonchev–Trinajstić information content (AvgIpc) is 3.83. The van der Waals surface area contributed by atoms with Gasteiger partial charge in [0.25, 0.3) is 5.91 Å². The van der Waals surface area contributed by atoms with E-state index in [1.165, 1.54) is 9.80 Å². The first-order chi connectivity index (χ1) is 28.2. The van der Waals surface area contributed by atoms with E-state index in [4.69, 9.17) is 10.2 Å². The number of aliphatic hydroxyl groups excluding tert-OH is 1. The van der Waals surface area contributed by atoms with Crippen LogP contribution in [-0.4, -0.2) is 182 Å². The Labute approximate surface area is 339 Å². The molecule has 3 rings (SSSR count). The minimum Gasteiger partial charge on any atom is -0.480 e. The first kappa shape index (κ1) is 47.4. The number of aromatic nitrogens is 2. The van der Waals surface area contributed by atoms with E-state index < -0.39 is 74.0 Å². The highest BCUT2D eigenvalue weighted by Gasteiger charge is 2.20. The van der Waals surface area contributed by atoms with Crippen LogP contribution < -0.4 is 21.3 Å². The number of carboxylic acids is 4. The summed E-state index contributed by atoms with van der Waals surface area (Å²) in [7, 11) is 0. The number of aryl methyl sites for hydroxylation is 1. The van der Waals surface area contributed by atoms with E-state index in [0.717, 1.165) is 34.5 Å². The van der Waals surface area contributed by atoms with E-state index in [0.29, 0.717) is 37.9 Å². The molecule has 1 aliphatic heterocycles. The van der Waals surface area contributed by atoms with Crippen molar-refractivity contribution in [3.05, 3.63) is 42.2 Å². The molecule has 0 unspecified atom stereocenters. The van der Waals surface area contributed by atoms with Gasteiger partial charge in [-0.3, -0.25) is 57.9 Å². The number of amides is 3. The molecule has 0 aliphatic carbocycles. The number of carbonyl (C=O) groups excluding carboxylic acids is 3. The highest BCUT2D eigenvalue weighted by molar-refractivity contribution is 5.98. The van der Waals surface area contributed by atoms with Crippen LogP contribution in [0.3, 0.4) is 0 Å². The lowest BCUT2D eigenvalue weighted by Gasteiger charge is -2.27. The Balaban J connectivity index is 1.31. The maximum atomic E-state index is 12.7. The molecule has 1 aromatic carbocycles. The van der Waals surface area contributed by atoms with Crippen molar-refractivity contribution >= 4 is 58.3 Å². The number of hydrogen-bond donors (Lipinski definition) is 9. The summed E-state index contributed by atoms with van der Waals surface area (Å²) in [5.74, 6) is -5.31. The Kier molecular flexibility index (Phi) is 20.4. The van der Waals surface area contributed by atoms with E-state index >= 15 is 0 Å². The molecular weight excluding hydrogens is 776 g/mol. The van der Waals surface area contributed by atoms with Gasteiger partial charge in [0, 0.05) is 69.6 Å². The fraction of sp³-hybridized carbons (Fsp3) is 0.541. The summed E-state index contributed by atoms with van der Waals surface area (Å²) in [5.41, 5.74) is 1.25. The third-order valence-electron chi connectivity index (χ3n) is 8.87. The summed E-state index contributed by atoms with van der Waals surface area (Å²) in [6.45, 7) is -1.19. The van der Waals surface area contributed by atoms with Gasteiger partial charge in [-0.2, -0.15) is 5.10 Å². The van der Waals surface area contributed by atoms with Gasteiger partial charge >= 0.3 is 23.9 Å². The maximum absolute atomic E-state index is 12.7. The van der Waals surface area contributed by atoms with E-state index in [1.807, 2.05) is 23.0 Å². The number of fused-ring (bicyclic) bond motifs is 1. The number of benzene rings is 1. The fourth-order valence-electron chi connectivity index (χ4n) is 6.04. The first-order valence-electron chi connectivity index (χ1n) is 19.2. The van der Waals surface area contributed by atoms with Crippen LogP contribution in [0.15, 0.2) is 41.7 Å². The molecular formula is C37H54N10O12. The number of hydrogen-bond acceptors (Lipinski definition) is 13. The molecule has 0 fully saturated rings. The number of rotatable bonds is 30. The molecule has 0 saturated carbocycles. The van der Waals surface area contributed by atoms with Gasteiger partial charge in [-0.25, -0.2) is 0 Å². The molecule has 2 aromatic rings. The second-order valence-corrected chi connectivity index (χ2v) is 13.8. The quantitative estimate of drug-likeness (QED) is 0.0317. The summed E-state index contributed by atoms with van der Waals surface area (Å²) >= 11 is 0. The van der Waals surface area contributed by atoms with E-state index in [1.54, 1.807) is 18.3 Å². The minimum absolute atomic E-state index is 0.00232. The van der Waals surface area contributed by atoms with Crippen molar-refractivity contribution in [2.24, 2.45) is 4.99 Å². The molecule has 0 saturated heterocycles. The Bertz CT molecular complexity index is 1790. The zero-order valence-corrected chi connectivity index (χ0v) is 32.8. The van der Waals surface area contributed by atoms with Crippen molar-refractivity contribution in [1.82, 2.24) is 45.7 Å². The van der Waals surface area contributed by atoms with Gasteiger partial charge in [0.05, 0.1) is 51.0 Å². The number of unbranched alkanes of at least 4 members (excludes halogenated alkanes) is 2. The predicted octanol–water partition coefficient (Wildman–Crippen LogP) is -1.58. The summed E-state index contributed by atoms with van der Waals surface area (Å²) in [5, 5.41) is 63.0. The number of nitrogens with zero attached hydrogens (tertiary/aromatic N) is 6. The Morgan fingerprint density at radius 1 is 0.780 bits per heavy atom. The molecule has 1 atom stereocenters. The fourth-order valence-corrected chi connectivity index (χ4v) is 6.04. The Hall–Kier alpha value is -5.97. The smallest absolute Gasteiger partial charge is 0.317 e. The van der Waals surface area contributed by atoms with E-state index in [2.05, 4.69) is 31.4 Å². The number of carboxylic acid groups (broad SMARTS) is 4. The average molecular weight is 831 g/mol. The number of aliphatic imine (C=N–C) groups is 1. The lowest BCUT2D eigenvalue weighted by atomic mass is 10.1. The van der Waals surface area contributed by atoms with Crippen LogP contribution in [0.2, 0.25) is 0 Å². The monoisotopic (exact) mass is 830 g/mol. The number of aliphatic hydroxyl groups is 1. The second kappa shape index (κ2) is 25.4. The first-order valence-corrected chi connectivity index (χ1v) is 19.2. The summed E-state index contributed by atoms with van der Waals surface area (Å²) < 4.78 is 1.86. The summed E-state index contributed by atoms with van der Waals surface area (Å²) in [6.07, 6.45) is 7.43. The van der Waals surface area contributed by atoms with Gasteiger partial charge in [-0.15, -0.1) is 0 Å². The number of nitrogens with one attached hydrogen (secondary N) is 4. The van der Waals surface area contributed by atoms with Crippen molar-refractivity contribution in [3.8, 4) is 0 Å². The third-order valence-corrected chi connectivity index (χ3v) is 8.87. The highest BCUT2D eigenvalue weighted by Crippen LogP contribution is 2.16. The SMILES string of the molecule is O=C(O)CN(CCN(CC(=O)O)CC(=O)O)CCN(CC(=O)O)CC(=O)NCCCCCC(=O)N[C@H](O)CNC(=O)c1ccc2c(cnn2CCCN=C2CC=CN2)c1. The minimum atomic E-state index is -1.32. The third kappa shape index (κ3) is 19.4. The van der Waals surface area contributed by atoms with Gasteiger partial charge < -0.3 is 46.8 Å². The van der Waals surface area contributed by atoms with Gasteiger partial charge in [-0.1, -0.05) is 12.5 Å². The van der Waals surface area contributed by atoms with Crippen LogP contribution in [0.4, 0.5) is 0 Å². The largest absolute Gasteiger partial charge is 0.480 e. The zero-order chi connectivity index (χ0) is 43.2. The number of amidine groups is 1. The number of carbonyl (C=O) groups is 7. The van der Waals surface area contributed by atoms with Crippen LogP contribution in [0.25, 0.3) is 10.9 Å². The van der Waals surface area contributed by atoms with E-state index in [-0.39, 0.29) is 52.2 Å². The Morgan fingerprint density at radius 2 is 1.41 bits per heavy atom. The van der Waals surface area contributed by atoms with Crippen molar-refractivity contribution in [1.29, 1.82) is 0 Å². The topological polar surface area (TPSA) is 309 Å². The van der Waals surface area contributed by atoms with Crippen molar-refractivity contribution in [2.45, 2.75) is 51.3 Å². The summed E-state index contributed by atoms with van der Waals surface area (Å²) in [6, 6.07) is 5.18. The molecule has 3 amide bonds. The normalized spacial score (nSPS) is 13.5.